The van der Waals surface area contributed by atoms with E-state index in [-0.39, 0.29) is 5.57 Å². The smallest absolute Gasteiger partial charge is 0.212 e. The number of anilines is 1. The molecular formula is C31H35N7O3. The Balaban J connectivity index is 1.14. The van der Waals surface area contributed by atoms with Crippen LogP contribution in [0.1, 0.15) is 37.4 Å². The predicted octanol–water partition coefficient (Wildman–Crippen LogP) is 3.37. The van der Waals surface area contributed by atoms with Gasteiger partial charge in [0, 0.05) is 67.5 Å². The van der Waals surface area contributed by atoms with E-state index in [1.54, 1.807) is 13.3 Å². The third-order valence-corrected chi connectivity index (χ3v) is 8.45. The SMILES string of the molecule is COc1ccc(CN2C3CC2CN(c2ccc(-c4cc(OCC5CC(C)(O)C5)cnc4/C(C#N)=C\N)cn2)C3)cn1. The molecule has 0 radical (unpaired) electrons. The molecule has 3 aromatic heterocycles. The largest absolute Gasteiger partial charge is 0.492 e. The van der Waals surface area contributed by atoms with E-state index in [9.17, 15) is 10.4 Å². The summed E-state index contributed by atoms with van der Waals surface area (Å²) < 4.78 is 11.2. The van der Waals surface area contributed by atoms with Crippen LogP contribution in [0.25, 0.3) is 16.7 Å². The van der Waals surface area contributed by atoms with E-state index in [4.69, 9.17) is 20.2 Å². The van der Waals surface area contributed by atoms with Crippen molar-refractivity contribution >= 4 is 11.4 Å². The molecule has 2 bridgehead atoms. The maximum absolute atomic E-state index is 10.0. The molecule has 3 saturated heterocycles. The van der Waals surface area contributed by atoms with Gasteiger partial charge in [0.2, 0.25) is 5.88 Å². The molecular weight excluding hydrogens is 518 g/mol. The molecule has 6 heterocycles. The molecule has 10 heteroatoms. The highest BCUT2D eigenvalue weighted by molar-refractivity contribution is 5.85. The lowest BCUT2D eigenvalue weighted by molar-refractivity contribution is -0.0690. The number of rotatable bonds is 9. The molecule has 1 aliphatic carbocycles. The zero-order chi connectivity index (χ0) is 28.6. The van der Waals surface area contributed by atoms with Gasteiger partial charge in [-0.15, -0.1) is 0 Å². The number of fused-ring (bicyclic) bond motifs is 2. The van der Waals surface area contributed by atoms with Crippen molar-refractivity contribution in [2.24, 2.45) is 11.7 Å². The molecule has 4 fully saturated rings. The number of hydrogen-bond donors (Lipinski definition) is 2. The number of nitriles is 1. The van der Waals surface area contributed by atoms with Crippen LogP contribution in [-0.4, -0.2) is 69.4 Å². The third-order valence-electron chi connectivity index (χ3n) is 8.45. The summed E-state index contributed by atoms with van der Waals surface area (Å²) in [5.41, 5.74) is 8.69. The fourth-order valence-corrected chi connectivity index (χ4v) is 6.35. The number of piperazine rings is 1. The van der Waals surface area contributed by atoms with Crippen LogP contribution in [0.15, 0.2) is 55.1 Å². The lowest BCUT2D eigenvalue weighted by atomic mass is 9.73. The monoisotopic (exact) mass is 553 g/mol. The number of methoxy groups -OCH3 is 1. The highest BCUT2D eigenvalue weighted by Crippen LogP contribution is 2.39. The minimum atomic E-state index is -0.594. The Morgan fingerprint density at radius 2 is 1.95 bits per heavy atom. The minimum absolute atomic E-state index is 0.286. The minimum Gasteiger partial charge on any atom is -0.492 e. The molecule has 41 heavy (non-hydrogen) atoms. The molecule has 2 atom stereocenters. The van der Waals surface area contributed by atoms with Crippen molar-refractivity contribution in [1.82, 2.24) is 19.9 Å². The van der Waals surface area contributed by atoms with Gasteiger partial charge in [0.05, 0.1) is 36.8 Å². The van der Waals surface area contributed by atoms with Gasteiger partial charge in [-0.25, -0.2) is 9.97 Å². The number of aliphatic hydroxyl groups is 1. The van der Waals surface area contributed by atoms with E-state index in [2.05, 4.69) is 31.9 Å². The zero-order valence-corrected chi connectivity index (χ0v) is 23.4. The van der Waals surface area contributed by atoms with Crippen LogP contribution in [0, 0.1) is 17.2 Å². The Morgan fingerprint density at radius 1 is 1.15 bits per heavy atom. The summed E-state index contributed by atoms with van der Waals surface area (Å²) in [7, 11) is 1.63. The highest BCUT2D eigenvalue weighted by Gasteiger charge is 2.44. The van der Waals surface area contributed by atoms with Crippen LogP contribution in [0.4, 0.5) is 5.82 Å². The van der Waals surface area contributed by atoms with Gasteiger partial charge in [0.25, 0.3) is 0 Å². The van der Waals surface area contributed by atoms with Crippen LogP contribution < -0.4 is 20.1 Å². The quantitative estimate of drug-likeness (QED) is 0.380. The van der Waals surface area contributed by atoms with Crippen LogP contribution in [-0.2, 0) is 6.54 Å². The second-order valence-corrected chi connectivity index (χ2v) is 11.6. The van der Waals surface area contributed by atoms with Gasteiger partial charge >= 0.3 is 0 Å². The first-order chi connectivity index (χ1) is 19.9. The fraction of sp³-hybridized carbons (Fsp3) is 0.419. The fourth-order valence-electron chi connectivity index (χ4n) is 6.35. The van der Waals surface area contributed by atoms with Crippen molar-refractivity contribution in [1.29, 1.82) is 5.26 Å². The van der Waals surface area contributed by atoms with Gasteiger partial charge in [-0.3, -0.25) is 9.88 Å². The highest BCUT2D eigenvalue weighted by atomic mass is 16.5. The number of ether oxygens (including phenoxy) is 2. The van der Waals surface area contributed by atoms with E-state index in [0.29, 0.717) is 41.9 Å². The van der Waals surface area contributed by atoms with E-state index in [0.717, 1.165) is 49.4 Å². The maximum Gasteiger partial charge on any atom is 0.212 e. The van der Waals surface area contributed by atoms with Gasteiger partial charge < -0.3 is 25.2 Å². The lowest BCUT2D eigenvalue weighted by Crippen LogP contribution is -2.68. The van der Waals surface area contributed by atoms with Crippen LogP contribution in [0.2, 0.25) is 0 Å². The first-order valence-electron chi connectivity index (χ1n) is 14.0. The molecule has 10 nitrogen and oxygen atoms in total. The number of nitrogens with two attached hydrogens (primary N) is 1. The molecule has 0 amide bonds. The van der Waals surface area contributed by atoms with Crippen molar-refractivity contribution in [3.8, 4) is 28.8 Å². The summed E-state index contributed by atoms with van der Waals surface area (Å²) in [6.45, 7) is 5.09. The lowest BCUT2D eigenvalue weighted by Gasteiger charge is -2.56. The van der Waals surface area contributed by atoms with E-state index in [1.807, 2.05) is 43.6 Å². The first-order valence-corrected chi connectivity index (χ1v) is 14.0. The second-order valence-electron chi connectivity index (χ2n) is 11.6. The summed E-state index contributed by atoms with van der Waals surface area (Å²) in [5.74, 6) is 2.49. The number of hydrogen-bond acceptors (Lipinski definition) is 10. The topological polar surface area (TPSA) is 134 Å². The van der Waals surface area contributed by atoms with Crippen LogP contribution in [0.5, 0.6) is 11.6 Å². The van der Waals surface area contributed by atoms with E-state index in [1.165, 1.54) is 18.2 Å². The number of pyridine rings is 3. The van der Waals surface area contributed by atoms with Crippen molar-refractivity contribution in [3.05, 3.63) is 66.4 Å². The Morgan fingerprint density at radius 3 is 2.56 bits per heavy atom. The standard InChI is InChI=1S/C31H35N7O3/c1-31(39)9-21(10-31)19-41-26-8-27(30(36-15-26)23(11-32)12-33)22-4-5-28(34-14-22)37-17-24-7-25(18-37)38(24)16-20-3-6-29(40-2)35-13-20/h3-6,8,11,13-15,21,24-25,39H,7,9-10,16-19,32H2,1-2H3/b23-11-. The molecule has 1 saturated carbocycles. The Labute approximate surface area is 240 Å². The molecule has 0 aromatic carbocycles. The maximum atomic E-state index is 10.0. The molecule has 4 aliphatic rings. The van der Waals surface area contributed by atoms with E-state index < -0.39 is 5.60 Å². The Bertz CT molecular complexity index is 1450. The van der Waals surface area contributed by atoms with Gasteiger partial charge in [-0.05, 0) is 55.9 Å². The number of aromatic nitrogens is 3. The summed E-state index contributed by atoms with van der Waals surface area (Å²) in [6.07, 6.45) is 9.25. The summed E-state index contributed by atoms with van der Waals surface area (Å²) >= 11 is 0. The summed E-state index contributed by atoms with van der Waals surface area (Å²) in [6, 6.07) is 13.0. The van der Waals surface area contributed by atoms with Crippen molar-refractivity contribution in [3.63, 3.8) is 0 Å². The average molecular weight is 554 g/mol. The number of nitrogens with zero attached hydrogens (tertiary/aromatic N) is 6. The molecule has 3 N–H and O–H groups in total. The number of piperidine rings is 1. The van der Waals surface area contributed by atoms with E-state index >= 15 is 0 Å². The Hall–Kier alpha value is -4.20. The average Bonchev–Trinajstić information content (AvgIpc) is 2.99. The number of allylic oxidation sites excluding steroid dienone is 1. The zero-order valence-electron chi connectivity index (χ0n) is 23.4. The van der Waals surface area contributed by atoms with Crippen molar-refractivity contribution in [2.75, 3.05) is 31.7 Å². The molecule has 2 unspecified atom stereocenters. The van der Waals surface area contributed by atoms with Gasteiger partial charge in [-0.1, -0.05) is 6.07 Å². The summed E-state index contributed by atoms with van der Waals surface area (Å²) in [5, 5.41) is 19.7. The van der Waals surface area contributed by atoms with Crippen LogP contribution >= 0.6 is 0 Å². The molecule has 212 valence electrons. The van der Waals surface area contributed by atoms with Gasteiger partial charge in [0.15, 0.2) is 0 Å². The molecule has 3 aliphatic heterocycles. The predicted molar refractivity (Wildman–Crippen MR) is 155 cm³/mol. The van der Waals surface area contributed by atoms with Crippen molar-refractivity contribution in [2.45, 2.75) is 50.4 Å². The molecule has 0 spiro atoms. The third kappa shape index (κ3) is 5.56. The molecule has 7 rings (SSSR count). The first kappa shape index (κ1) is 27.0. The van der Waals surface area contributed by atoms with Gasteiger partial charge in [-0.2, -0.15) is 5.26 Å². The summed E-state index contributed by atoms with van der Waals surface area (Å²) in [4.78, 5) is 18.6. The Kier molecular flexibility index (Phi) is 7.24. The van der Waals surface area contributed by atoms with Crippen LogP contribution in [0.3, 0.4) is 0 Å². The molecule has 3 aromatic rings. The normalized spacial score (nSPS) is 25.6. The van der Waals surface area contributed by atoms with Crippen molar-refractivity contribution < 1.29 is 14.6 Å². The second kappa shape index (κ2) is 11.0. The van der Waals surface area contributed by atoms with Gasteiger partial charge in [0.1, 0.15) is 17.6 Å².